The van der Waals surface area contributed by atoms with Gasteiger partial charge in [-0.15, -0.1) is 0 Å². The standard InChI is InChI=1S/C16H17BrFNO2/c17-10-5-6-11(13(18)7-10)12-8-14(20)19-16(21)15(12)9-3-1-2-4-9/h5-7,9,12,15H,1-4,8H2,(H,19,20,21). The maximum atomic E-state index is 14.3. The highest BCUT2D eigenvalue weighted by Crippen LogP contribution is 2.43. The molecule has 2 aliphatic rings. The van der Waals surface area contributed by atoms with Crippen LogP contribution in [0.4, 0.5) is 4.39 Å². The second-order valence-electron chi connectivity index (χ2n) is 5.96. The van der Waals surface area contributed by atoms with Gasteiger partial charge in [0.2, 0.25) is 11.8 Å². The van der Waals surface area contributed by atoms with Gasteiger partial charge in [-0.05, 0) is 36.5 Å². The Labute approximate surface area is 131 Å². The number of piperidine rings is 1. The summed E-state index contributed by atoms with van der Waals surface area (Å²) in [7, 11) is 0. The van der Waals surface area contributed by atoms with E-state index >= 15 is 0 Å². The molecule has 5 heteroatoms. The minimum Gasteiger partial charge on any atom is -0.296 e. The summed E-state index contributed by atoms with van der Waals surface area (Å²) in [4.78, 5) is 24.0. The van der Waals surface area contributed by atoms with E-state index in [1.165, 1.54) is 6.07 Å². The Morgan fingerprint density at radius 3 is 2.57 bits per heavy atom. The van der Waals surface area contributed by atoms with Crippen LogP contribution in [0.15, 0.2) is 22.7 Å². The summed E-state index contributed by atoms with van der Waals surface area (Å²) in [5.41, 5.74) is 0.485. The lowest BCUT2D eigenvalue weighted by molar-refractivity contribution is -0.138. The number of nitrogens with one attached hydrogen (secondary N) is 1. The summed E-state index contributed by atoms with van der Waals surface area (Å²) >= 11 is 3.24. The number of imide groups is 1. The predicted molar refractivity (Wildman–Crippen MR) is 80.1 cm³/mol. The van der Waals surface area contributed by atoms with Gasteiger partial charge in [0.15, 0.2) is 0 Å². The molecule has 1 aromatic carbocycles. The van der Waals surface area contributed by atoms with E-state index in [1.807, 2.05) is 0 Å². The Hall–Kier alpha value is -1.23. The maximum absolute atomic E-state index is 14.3. The molecule has 2 amide bonds. The van der Waals surface area contributed by atoms with Crippen LogP contribution in [0.2, 0.25) is 0 Å². The van der Waals surface area contributed by atoms with Gasteiger partial charge in [0, 0.05) is 22.7 Å². The average molecular weight is 354 g/mol. The summed E-state index contributed by atoms with van der Waals surface area (Å²) in [6, 6.07) is 4.86. The number of amides is 2. The Morgan fingerprint density at radius 1 is 1.19 bits per heavy atom. The van der Waals surface area contributed by atoms with Crippen LogP contribution in [0, 0.1) is 17.7 Å². The topological polar surface area (TPSA) is 46.2 Å². The molecule has 2 unspecified atom stereocenters. The molecule has 112 valence electrons. The Bertz CT molecular complexity index is 584. The van der Waals surface area contributed by atoms with Gasteiger partial charge in [0.25, 0.3) is 0 Å². The smallest absolute Gasteiger partial charge is 0.230 e. The fourth-order valence-corrected chi connectivity index (χ4v) is 4.08. The van der Waals surface area contributed by atoms with Gasteiger partial charge in [-0.1, -0.05) is 34.8 Å². The number of rotatable bonds is 2. The lowest BCUT2D eigenvalue weighted by Gasteiger charge is -2.34. The van der Waals surface area contributed by atoms with Crippen LogP contribution in [-0.2, 0) is 9.59 Å². The molecule has 1 N–H and O–H groups in total. The van der Waals surface area contributed by atoms with E-state index in [2.05, 4.69) is 21.2 Å². The molecule has 1 aliphatic carbocycles. The Balaban J connectivity index is 1.98. The number of hydrogen-bond donors (Lipinski definition) is 1. The molecule has 2 fully saturated rings. The van der Waals surface area contributed by atoms with Crippen LogP contribution in [0.25, 0.3) is 0 Å². The second-order valence-corrected chi connectivity index (χ2v) is 6.87. The van der Waals surface area contributed by atoms with E-state index in [1.54, 1.807) is 12.1 Å². The summed E-state index contributed by atoms with van der Waals surface area (Å²) in [5, 5.41) is 2.43. The predicted octanol–water partition coefficient (Wildman–Crippen LogP) is 3.52. The Morgan fingerprint density at radius 2 is 1.90 bits per heavy atom. The summed E-state index contributed by atoms with van der Waals surface area (Å²) in [6.45, 7) is 0. The zero-order valence-corrected chi connectivity index (χ0v) is 13.2. The van der Waals surface area contributed by atoms with Crippen molar-refractivity contribution in [1.29, 1.82) is 0 Å². The van der Waals surface area contributed by atoms with Crippen molar-refractivity contribution in [3.8, 4) is 0 Å². The lowest BCUT2D eigenvalue weighted by atomic mass is 9.73. The van der Waals surface area contributed by atoms with E-state index in [0.29, 0.717) is 10.0 Å². The first kappa shape index (κ1) is 14.7. The van der Waals surface area contributed by atoms with Crippen LogP contribution in [-0.4, -0.2) is 11.8 Å². The molecule has 0 radical (unpaired) electrons. The molecule has 2 atom stereocenters. The normalized spacial score (nSPS) is 27.0. The summed E-state index contributed by atoms with van der Waals surface area (Å²) in [5.74, 6) is -1.26. The van der Waals surface area contributed by atoms with E-state index in [9.17, 15) is 14.0 Å². The van der Waals surface area contributed by atoms with Crippen molar-refractivity contribution in [2.45, 2.75) is 38.0 Å². The largest absolute Gasteiger partial charge is 0.296 e. The number of benzene rings is 1. The fourth-order valence-electron chi connectivity index (χ4n) is 3.75. The molecule has 3 rings (SSSR count). The monoisotopic (exact) mass is 353 g/mol. The van der Waals surface area contributed by atoms with E-state index in [4.69, 9.17) is 0 Å². The molecule has 0 bridgehead atoms. The zero-order chi connectivity index (χ0) is 15.0. The third-order valence-corrected chi connectivity index (χ3v) is 5.17. The number of carbonyl (C=O) groups excluding carboxylic acids is 2. The summed E-state index contributed by atoms with van der Waals surface area (Å²) in [6.07, 6.45) is 4.38. The quantitative estimate of drug-likeness (QED) is 0.826. The fraction of sp³-hybridized carbons (Fsp3) is 0.500. The number of carbonyl (C=O) groups is 2. The van der Waals surface area contributed by atoms with Crippen LogP contribution in [0.5, 0.6) is 0 Å². The van der Waals surface area contributed by atoms with Crippen molar-refractivity contribution in [1.82, 2.24) is 5.32 Å². The molecule has 1 saturated heterocycles. The first-order valence-corrected chi connectivity index (χ1v) is 8.14. The van der Waals surface area contributed by atoms with Crippen molar-refractivity contribution in [2.75, 3.05) is 0 Å². The minimum absolute atomic E-state index is 0.186. The van der Waals surface area contributed by atoms with Crippen LogP contribution in [0.3, 0.4) is 0 Å². The molecular formula is C16H17BrFNO2. The lowest BCUT2D eigenvalue weighted by Crippen LogP contribution is -2.47. The molecule has 1 heterocycles. The van der Waals surface area contributed by atoms with Gasteiger partial charge in [0.05, 0.1) is 0 Å². The molecule has 0 spiro atoms. The van der Waals surface area contributed by atoms with Crippen LogP contribution < -0.4 is 5.32 Å². The van der Waals surface area contributed by atoms with Gasteiger partial charge >= 0.3 is 0 Å². The third-order valence-electron chi connectivity index (χ3n) is 4.67. The third kappa shape index (κ3) is 2.89. The maximum Gasteiger partial charge on any atom is 0.230 e. The molecule has 1 saturated carbocycles. The van der Waals surface area contributed by atoms with E-state index in [0.717, 1.165) is 25.7 Å². The SMILES string of the molecule is O=C1CC(c2ccc(Br)cc2F)C(C2CCCC2)C(=O)N1. The van der Waals surface area contributed by atoms with E-state index in [-0.39, 0.29) is 41.8 Å². The van der Waals surface area contributed by atoms with Crippen molar-refractivity contribution in [2.24, 2.45) is 11.8 Å². The first-order valence-electron chi connectivity index (χ1n) is 7.35. The molecule has 21 heavy (non-hydrogen) atoms. The first-order chi connectivity index (χ1) is 10.1. The van der Waals surface area contributed by atoms with E-state index < -0.39 is 0 Å². The number of hydrogen-bond acceptors (Lipinski definition) is 2. The van der Waals surface area contributed by atoms with Gasteiger partial charge in [-0.2, -0.15) is 0 Å². The van der Waals surface area contributed by atoms with Crippen LogP contribution in [0.1, 0.15) is 43.6 Å². The molecular weight excluding hydrogens is 337 g/mol. The highest BCUT2D eigenvalue weighted by molar-refractivity contribution is 9.10. The van der Waals surface area contributed by atoms with Crippen LogP contribution >= 0.6 is 15.9 Å². The summed E-state index contributed by atoms with van der Waals surface area (Å²) < 4.78 is 14.9. The molecule has 3 nitrogen and oxygen atoms in total. The molecule has 0 aromatic heterocycles. The Kier molecular flexibility index (Phi) is 4.11. The van der Waals surface area contributed by atoms with Gasteiger partial charge in [-0.25, -0.2) is 4.39 Å². The van der Waals surface area contributed by atoms with Crippen molar-refractivity contribution in [3.05, 3.63) is 34.1 Å². The average Bonchev–Trinajstić information content (AvgIpc) is 2.91. The number of halogens is 2. The molecule has 1 aromatic rings. The highest BCUT2D eigenvalue weighted by atomic mass is 79.9. The zero-order valence-electron chi connectivity index (χ0n) is 11.6. The highest BCUT2D eigenvalue weighted by Gasteiger charge is 2.43. The van der Waals surface area contributed by atoms with Crippen molar-refractivity contribution >= 4 is 27.7 Å². The van der Waals surface area contributed by atoms with Crippen molar-refractivity contribution in [3.63, 3.8) is 0 Å². The van der Waals surface area contributed by atoms with Gasteiger partial charge < -0.3 is 0 Å². The van der Waals surface area contributed by atoms with Gasteiger partial charge in [0.1, 0.15) is 5.82 Å². The minimum atomic E-state index is -0.347. The van der Waals surface area contributed by atoms with Crippen molar-refractivity contribution < 1.29 is 14.0 Å². The molecule has 1 aliphatic heterocycles. The van der Waals surface area contributed by atoms with Gasteiger partial charge in [-0.3, -0.25) is 14.9 Å². The second kappa shape index (κ2) is 5.87.